The van der Waals surface area contributed by atoms with Crippen LogP contribution in [0.4, 0.5) is 0 Å². The fraction of sp³-hybridized carbons (Fsp3) is 0.471. The van der Waals surface area contributed by atoms with E-state index in [0.29, 0.717) is 11.1 Å². The van der Waals surface area contributed by atoms with Crippen LogP contribution in [0.15, 0.2) is 36.5 Å². The van der Waals surface area contributed by atoms with E-state index in [0.717, 1.165) is 30.5 Å². The number of halogens is 1. The van der Waals surface area contributed by atoms with E-state index in [1.807, 2.05) is 41.2 Å². The first-order chi connectivity index (χ1) is 10.2. The number of hydrogen-bond acceptors (Lipinski definition) is 2. The number of benzene rings is 1. The molecular weight excluding hydrogens is 284 g/mol. The second kappa shape index (κ2) is 7.62. The van der Waals surface area contributed by atoms with Gasteiger partial charge >= 0.3 is 0 Å². The molecule has 114 valence electrons. The van der Waals surface area contributed by atoms with Crippen molar-refractivity contribution in [2.75, 3.05) is 6.61 Å². The Morgan fingerprint density at radius 3 is 2.62 bits per heavy atom. The fourth-order valence-corrected chi connectivity index (χ4v) is 2.85. The first kappa shape index (κ1) is 16.1. The lowest BCUT2D eigenvalue weighted by Gasteiger charge is -2.15. The zero-order valence-electron chi connectivity index (χ0n) is 12.7. The molecule has 0 fully saturated rings. The molecule has 0 saturated heterocycles. The molecule has 0 saturated carbocycles. The highest BCUT2D eigenvalue weighted by Crippen LogP contribution is 2.23. The predicted molar refractivity (Wildman–Crippen MR) is 86.8 cm³/mol. The first-order valence-corrected chi connectivity index (χ1v) is 7.96. The molecule has 1 aromatic heterocycles. The Bertz CT molecular complexity index is 563. The summed E-state index contributed by atoms with van der Waals surface area (Å²) in [6, 6.07) is 10.2. The van der Waals surface area contributed by atoms with Crippen LogP contribution in [0.3, 0.4) is 0 Å². The average molecular weight is 307 g/mol. The van der Waals surface area contributed by atoms with Crippen molar-refractivity contribution in [3.8, 4) is 0 Å². The number of nitrogens with zero attached hydrogens (tertiary/aromatic N) is 2. The molecule has 1 aromatic carbocycles. The highest BCUT2D eigenvalue weighted by atomic mass is 35.5. The van der Waals surface area contributed by atoms with Crippen molar-refractivity contribution in [1.29, 1.82) is 0 Å². The third-order valence-corrected chi connectivity index (χ3v) is 4.21. The van der Waals surface area contributed by atoms with Gasteiger partial charge in [0.1, 0.15) is 0 Å². The minimum Gasteiger partial charge on any atom is -0.396 e. The van der Waals surface area contributed by atoms with Crippen LogP contribution in [0.25, 0.3) is 0 Å². The molecule has 4 heteroatoms. The highest BCUT2D eigenvalue weighted by Gasteiger charge is 2.15. The largest absolute Gasteiger partial charge is 0.396 e. The summed E-state index contributed by atoms with van der Waals surface area (Å²) in [6.07, 6.45) is 4.92. The van der Waals surface area contributed by atoms with E-state index in [1.54, 1.807) is 0 Å². The maximum Gasteiger partial charge on any atom is 0.0631 e. The first-order valence-electron chi connectivity index (χ1n) is 7.58. The van der Waals surface area contributed by atoms with Crippen LogP contribution in [0.2, 0.25) is 5.02 Å². The Balaban J connectivity index is 2.12. The van der Waals surface area contributed by atoms with Gasteiger partial charge in [0.2, 0.25) is 0 Å². The van der Waals surface area contributed by atoms with Gasteiger partial charge in [-0.3, -0.25) is 4.68 Å². The van der Waals surface area contributed by atoms with Gasteiger partial charge < -0.3 is 5.11 Å². The fourth-order valence-electron chi connectivity index (χ4n) is 2.65. The lowest BCUT2D eigenvalue weighted by atomic mass is 9.95. The maximum absolute atomic E-state index is 9.66. The van der Waals surface area contributed by atoms with Crippen molar-refractivity contribution in [3.63, 3.8) is 0 Å². The Morgan fingerprint density at radius 1 is 1.24 bits per heavy atom. The molecule has 0 spiro atoms. The maximum atomic E-state index is 9.66. The summed E-state index contributed by atoms with van der Waals surface area (Å²) in [5.74, 6) is 0.0359. The summed E-state index contributed by atoms with van der Waals surface area (Å²) in [4.78, 5) is 0. The number of rotatable bonds is 7. The lowest BCUT2D eigenvalue weighted by molar-refractivity contribution is 0.263. The van der Waals surface area contributed by atoms with E-state index in [1.165, 1.54) is 0 Å². The number of aliphatic hydroxyl groups excluding tert-OH is 1. The van der Waals surface area contributed by atoms with Crippen molar-refractivity contribution in [2.24, 2.45) is 0 Å². The quantitative estimate of drug-likeness (QED) is 0.832. The SMILES string of the molecule is CCC(CC)n1ccc(CC(CO)c2cccc(Cl)c2)n1. The van der Waals surface area contributed by atoms with Crippen LogP contribution in [-0.4, -0.2) is 21.5 Å². The van der Waals surface area contributed by atoms with Crippen LogP contribution in [0.5, 0.6) is 0 Å². The molecule has 0 bridgehead atoms. The van der Waals surface area contributed by atoms with Crippen LogP contribution in [0, 0.1) is 0 Å². The highest BCUT2D eigenvalue weighted by molar-refractivity contribution is 6.30. The molecule has 0 radical (unpaired) electrons. The summed E-state index contributed by atoms with van der Waals surface area (Å²) in [6.45, 7) is 4.45. The molecule has 2 aromatic rings. The van der Waals surface area contributed by atoms with Gasteiger partial charge in [0, 0.05) is 23.6 Å². The van der Waals surface area contributed by atoms with Gasteiger partial charge in [0.05, 0.1) is 18.3 Å². The van der Waals surface area contributed by atoms with E-state index in [9.17, 15) is 5.11 Å². The summed E-state index contributed by atoms with van der Waals surface area (Å²) in [7, 11) is 0. The Hall–Kier alpha value is -1.32. The van der Waals surface area contributed by atoms with Crippen LogP contribution < -0.4 is 0 Å². The predicted octanol–water partition coefficient (Wildman–Crippen LogP) is 4.22. The van der Waals surface area contributed by atoms with Crippen LogP contribution in [-0.2, 0) is 6.42 Å². The van der Waals surface area contributed by atoms with Crippen LogP contribution >= 0.6 is 11.6 Å². The third kappa shape index (κ3) is 4.08. The molecule has 1 heterocycles. The summed E-state index contributed by atoms with van der Waals surface area (Å²) in [5.41, 5.74) is 2.07. The Labute approximate surface area is 131 Å². The normalized spacial score (nSPS) is 12.8. The molecule has 0 aliphatic heterocycles. The van der Waals surface area contributed by atoms with Gasteiger partial charge in [-0.25, -0.2) is 0 Å². The van der Waals surface area contributed by atoms with Crippen molar-refractivity contribution in [2.45, 2.75) is 45.1 Å². The van der Waals surface area contributed by atoms with Gasteiger partial charge in [-0.15, -0.1) is 0 Å². The Kier molecular flexibility index (Phi) is 5.83. The second-order valence-corrected chi connectivity index (χ2v) is 5.83. The molecule has 0 aliphatic rings. The standard InChI is InChI=1S/C17H23ClN2O/c1-3-17(4-2)20-9-8-16(19-20)11-14(12-21)13-6-5-7-15(18)10-13/h5-10,14,17,21H,3-4,11-12H2,1-2H3. The van der Waals surface area contributed by atoms with E-state index in [-0.39, 0.29) is 12.5 Å². The third-order valence-electron chi connectivity index (χ3n) is 3.98. The van der Waals surface area contributed by atoms with Crippen molar-refractivity contribution in [3.05, 3.63) is 52.8 Å². The summed E-state index contributed by atoms with van der Waals surface area (Å²) in [5, 5.41) is 15.0. The molecule has 0 amide bonds. The van der Waals surface area contributed by atoms with Crippen LogP contribution in [0.1, 0.15) is 49.9 Å². The topological polar surface area (TPSA) is 38.0 Å². The molecular formula is C17H23ClN2O. The van der Waals surface area contributed by atoms with E-state index >= 15 is 0 Å². The van der Waals surface area contributed by atoms with Gasteiger partial charge in [0.25, 0.3) is 0 Å². The molecule has 3 nitrogen and oxygen atoms in total. The molecule has 1 N–H and O–H groups in total. The van der Waals surface area contributed by atoms with E-state index in [4.69, 9.17) is 11.6 Å². The zero-order chi connectivity index (χ0) is 15.2. The van der Waals surface area contributed by atoms with E-state index in [2.05, 4.69) is 18.9 Å². The summed E-state index contributed by atoms with van der Waals surface area (Å²) >= 11 is 6.03. The lowest BCUT2D eigenvalue weighted by Crippen LogP contribution is -2.11. The monoisotopic (exact) mass is 306 g/mol. The second-order valence-electron chi connectivity index (χ2n) is 5.40. The molecule has 2 rings (SSSR count). The van der Waals surface area contributed by atoms with E-state index < -0.39 is 0 Å². The molecule has 1 unspecified atom stereocenters. The van der Waals surface area contributed by atoms with Gasteiger partial charge in [-0.1, -0.05) is 37.6 Å². The number of aromatic nitrogens is 2. The molecule has 0 aliphatic carbocycles. The number of aliphatic hydroxyl groups is 1. The molecule has 1 atom stereocenters. The molecule has 21 heavy (non-hydrogen) atoms. The van der Waals surface area contributed by atoms with Crippen molar-refractivity contribution >= 4 is 11.6 Å². The number of hydrogen-bond donors (Lipinski definition) is 1. The average Bonchev–Trinajstić information content (AvgIpc) is 2.94. The minimum absolute atomic E-state index is 0.0359. The minimum atomic E-state index is 0.0359. The van der Waals surface area contributed by atoms with Gasteiger partial charge in [-0.2, -0.15) is 5.10 Å². The van der Waals surface area contributed by atoms with Crippen molar-refractivity contribution < 1.29 is 5.11 Å². The van der Waals surface area contributed by atoms with Crippen molar-refractivity contribution in [1.82, 2.24) is 9.78 Å². The zero-order valence-corrected chi connectivity index (χ0v) is 13.4. The van der Waals surface area contributed by atoms with Gasteiger partial charge in [-0.05, 0) is 36.6 Å². The Morgan fingerprint density at radius 2 is 2.00 bits per heavy atom. The smallest absolute Gasteiger partial charge is 0.0631 e. The summed E-state index contributed by atoms with van der Waals surface area (Å²) < 4.78 is 2.04. The van der Waals surface area contributed by atoms with Gasteiger partial charge in [0.15, 0.2) is 0 Å².